The fraction of sp³-hybridized carbons (Fsp3) is 0.235. The molecule has 0 aliphatic carbocycles. The van der Waals surface area contributed by atoms with Crippen LogP contribution in [0.25, 0.3) is 0 Å². The molecule has 0 saturated heterocycles. The Bertz CT molecular complexity index is 670. The highest BCUT2D eigenvalue weighted by atomic mass is 19.1. The predicted octanol–water partition coefficient (Wildman–Crippen LogP) is 2.57. The summed E-state index contributed by atoms with van der Waals surface area (Å²) in [7, 11) is 0. The van der Waals surface area contributed by atoms with E-state index in [1.54, 1.807) is 30.3 Å². The van der Waals surface area contributed by atoms with Gasteiger partial charge in [0.2, 0.25) is 0 Å². The summed E-state index contributed by atoms with van der Waals surface area (Å²) in [6.07, 6.45) is 0.649. The number of carbonyl (C=O) groups excluding carboxylic acids is 1. The van der Waals surface area contributed by atoms with Gasteiger partial charge >= 0.3 is 0 Å². The molecule has 2 aromatic rings. The van der Waals surface area contributed by atoms with Gasteiger partial charge in [-0.05, 0) is 42.3 Å². The number of amides is 1. The average molecular weight is 301 g/mol. The van der Waals surface area contributed by atoms with Crippen molar-refractivity contribution in [2.24, 2.45) is 0 Å². The van der Waals surface area contributed by atoms with Gasteiger partial charge < -0.3 is 14.8 Å². The number of nitrogens with one attached hydrogen (secondary N) is 1. The van der Waals surface area contributed by atoms with Crippen LogP contribution in [0.1, 0.15) is 15.9 Å². The van der Waals surface area contributed by atoms with Crippen LogP contribution in [0, 0.1) is 5.82 Å². The molecule has 5 heteroatoms. The van der Waals surface area contributed by atoms with E-state index < -0.39 is 0 Å². The van der Waals surface area contributed by atoms with Crippen molar-refractivity contribution in [3.8, 4) is 11.5 Å². The van der Waals surface area contributed by atoms with Crippen LogP contribution in [0.5, 0.6) is 11.5 Å². The van der Waals surface area contributed by atoms with Crippen LogP contribution in [0.2, 0.25) is 0 Å². The monoisotopic (exact) mass is 301 g/mol. The minimum Gasteiger partial charge on any atom is -0.486 e. The van der Waals surface area contributed by atoms with Crippen LogP contribution < -0.4 is 14.8 Å². The number of rotatable bonds is 4. The van der Waals surface area contributed by atoms with Gasteiger partial charge in [-0.25, -0.2) is 4.39 Å². The van der Waals surface area contributed by atoms with Crippen molar-refractivity contribution in [2.75, 3.05) is 19.8 Å². The molecule has 0 spiro atoms. The fourth-order valence-electron chi connectivity index (χ4n) is 2.26. The average Bonchev–Trinajstić information content (AvgIpc) is 2.56. The van der Waals surface area contributed by atoms with Gasteiger partial charge in [0.1, 0.15) is 19.0 Å². The number of hydrogen-bond acceptors (Lipinski definition) is 3. The molecule has 0 saturated carbocycles. The maximum Gasteiger partial charge on any atom is 0.251 e. The van der Waals surface area contributed by atoms with Gasteiger partial charge in [-0.15, -0.1) is 0 Å². The van der Waals surface area contributed by atoms with Gasteiger partial charge in [0.25, 0.3) is 5.91 Å². The first-order valence-corrected chi connectivity index (χ1v) is 7.15. The van der Waals surface area contributed by atoms with E-state index in [1.165, 1.54) is 12.1 Å². The Kier molecular flexibility index (Phi) is 4.23. The summed E-state index contributed by atoms with van der Waals surface area (Å²) in [4.78, 5) is 12.1. The smallest absolute Gasteiger partial charge is 0.251 e. The van der Waals surface area contributed by atoms with Crippen LogP contribution in [0.15, 0.2) is 42.5 Å². The van der Waals surface area contributed by atoms with Gasteiger partial charge in [0.05, 0.1) is 0 Å². The third-order valence-corrected chi connectivity index (χ3v) is 3.42. The van der Waals surface area contributed by atoms with Crippen molar-refractivity contribution < 1.29 is 18.7 Å². The first-order chi connectivity index (χ1) is 10.7. The number of halogens is 1. The molecule has 0 bridgehead atoms. The molecule has 1 heterocycles. The minimum absolute atomic E-state index is 0.168. The molecule has 0 unspecified atom stereocenters. The molecule has 1 N–H and O–H groups in total. The zero-order chi connectivity index (χ0) is 15.4. The molecule has 114 valence electrons. The van der Waals surface area contributed by atoms with Crippen LogP contribution in [0.3, 0.4) is 0 Å². The number of carbonyl (C=O) groups is 1. The topological polar surface area (TPSA) is 47.6 Å². The van der Waals surface area contributed by atoms with Gasteiger partial charge in [-0.3, -0.25) is 4.79 Å². The van der Waals surface area contributed by atoms with Crippen LogP contribution in [-0.4, -0.2) is 25.7 Å². The Labute approximate surface area is 127 Å². The number of benzene rings is 2. The standard InChI is InChI=1S/C17H16FNO3/c18-14-4-1-12(2-5-14)7-8-19-17(20)13-3-6-15-16(11-13)22-10-9-21-15/h1-6,11H,7-10H2,(H,19,20). The molecular formula is C17H16FNO3. The Morgan fingerprint density at radius 1 is 1.05 bits per heavy atom. The summed E-state index contributed by atoms with van der Waals surface area (Å²) >= 11 is 0. The quantitative estimate of drug-likeness (QED) is 0.944. The van der Waals surface area contributed by atoms with Crippen LogP contribution in [0.4, 0.5) is 4.39 Å². The summed E-state index contributed by atoms with van der Waals surface area (Å²) in [5.74, 6) is 0.828. The first-order valence-electron chi connectivity index (χ1n) is 7.15. The van der Waals surface area contributed by atoms with Crippen molar-refractivity contribution in [1.82, 2.24) is 5.32 Å². The second-order valence-electron chi connectivity index (χ2n) is 4.99. The lowest BCUT2D eigenvalue weighted by atomic mass is 10.1. The second kappa shape index (κ2) is 6.47. The Balaban J connectivity index is 1.56. The van der Waals surface area contributed by atoms with E-state index in [1.807, 2.05) is 0 Å². The van der Waals surface area contributed by atoms with E-state index in [0.717, 1.165) is 5.56 Å². The molecule has 0 aromatic heterocycles. The summed E-state index contributed by atoms with van der Waals surface area (Å²) in [5, 5.41) is 2.84. The summed E-state index contributed by atoms with van der Waals surface area (Å²) in [5.41, 5.74) is 1.51. The fourth-order valence-corrected chi connectivity index (χ4v) is 2.26. The van der Waals surface area contributed by atoms with Crippen molar-refractivity contribution in [2.45, 2.75) is 6.42 Å². The maximum atomic E-state index is 12.8. The lowest BCUT2D eigenvalue weighted by molar-refractivity contribution is 0.0953. The summed E-state index contributed by atoms with van der Waals surface area (Å²) in [6, 6.07) is 11.4. The van der Waals surface area contributed by atoms with Gasteiger partial charge in [0, 0.05) is 12.1 Å². The van der Waals surface area contributed by atoms with Crippen LogP contribution in [-0.2, 0) is 6.42 Å². The number of ether oxygens (including phenoxy) is 2. The van der Waals surface area contributed by atoms with Gasteiger partial charge in [-0.1, -0.05) is 12.1 Å². The summed E-state index contributed by atoms with van der Waals surface area (Å²) in [6.45, 7) is 1.50. The normalized spacial score (nSPS) is 12.8. The Hall–Kier alpha value is -2.56. The van der Waals surface area contributed by atoms with E-state index in [9.17, 15) is 9.18 Å². The molecule has 1 aliphatic rings. The number of fused-ring (bicyclic) bond motifs is 1. The predicted molar refractivity (Wildman–Crippen MR) is 79.9 cm³/mol. The molecule has 2 aromatic carbocycles. The molecule has 22 heavy (non-hydrogen) atoms. The Morgan fingerprint density at radius 3 is 2.55 bits per heavy atom. The van der Waals surface area contributed by atoms with E-state index in [0.29, 0.717) is 43.2 Å². The highest BCUT2D eigenvalue weighted by molar-refractivity contribution is 5.94. The van der Waals surface area contributed by atoms with Gasteiger partial charge in [0.15, 0.2) is 11.5 Å². The first kappa shape index (κ1) is 14.4. The van der Waals surface area contributed by atoms with E-state index in [2.05, 4.69) is 5.32 Å². The molecule has 0 fully saturated rings. The van der Waals surface area contributed by atoms with E-state index in [-0.39, 0.29) is 11.7 Å². The van der Waals surface area contributed by atoms with E-state index >= 15 is 0 Å². The van der Waals surface area contributed by atoms with Crippen molar-refractivity contribution >= 4 is 5.91 Å². The highest BCUT2D eigenvalue weighted by Crippen LogP contribution is 2.30. The van der Waals surface area contributed by atoms with Crippen molar-refractivity contribution in [1.29, 1.82) is 0 Å². The molecule has 0 radical (unpaired) electrons. The SMILES string of the molecule is O=C(NCCc1ccc(F)cc1)c1ccc2c(c1)OCCO2. The van der Waals surface area contributed by atoms with E-state index in [4.69, 9.17) is 9.47 Å². The van der Waals surface area contributed by atoms with Crippen molar-refractivity contribution in [3.05, 3.63) is 59.4 Å². The minimum atomic E-state index is -0.260. The third kappa shape index (κ3) is 3.36. The lowest BCUT2D eigenvalue weighted by Gasteiger charge is -2.18. The van der Waals surface area contributed by atoms with Crippen LogP contribution >= 0.6 is 0 Å². The van der Waals surface area contributed by atoms with Crippen molar-refractivity contribution in [3.63, 3.8) is 0 Å². The summed E-state index contributed by atoms with van der Waals surface area (Å²) < 4.78 is 23.7. The zero-order valence-electron chi connectivity index (χ0n) is 12.0. The largest absolute Gasteiger partial charge is 0.486 e. The molecule has 0 atom stereocenters. The molecule has 1 amide bonds. The molecule has 1 aliphatic heterocycles. The Morgan fingerprint density at radius 2 is 1.77 bits per heavy atom. The lowest BCUT2D eigenvalue weighted by Crippen LogP contribution is -2.26. The third-order valence-electron chi connectivity index (χ3n) is 3.42. The number of hydrogen-bond donors (Lipinski definition) is 1. The zero-order valence-corrected chi connectivity index (χ0v) is 12.0. The maximum absolute atomic E-state index is 12.8. The molecular weight excluding hydrogens is 285 g/mol. The molecule has 4 nitrogen and oxygen atoms in total. The molecule has 3 rings (SSSR count). The second-order valence-corrected chi connectivity index (χ2v) is 4.99. The highest BCUT2D eigenvalue weighted by Gasteiger charge is 2.14. The van der Waals surface area contributed by atoms with Gasteiger partial charge in [-0.2, -0.15) is 0 Å².